The molecule has 16 heteroatoms. The molecule has 5 atom stereocenters. The van der Waals surface area contributed by atoms with Gasteiger partial charge in [-0.05, 0) is 51.4 Å². The monoisotopic (exact) mass is 600 g/mol. The lowest BCUT2D eigenvalue weighted by Gasteiger charge is -2.45. The topological polar surface area (TPSA) is 134 Å². The molecule has 41 heavy (non-hydrogen) atoms. The number of nitrogens with one attached hydrogen (secondary N) is 3. The van der Waals surface area contributed by atoms with E-state index in [4.69, 9.17) is 0 Å². The Morgan fingerprint density at radius 2 is 1.66 bits per heavy atom. The molecular weight excluding hydrogens is 566 g/mol. The molecule has 10 nitrogen and oxygen atoms in total. The van der Waals surface area contributed by atoms with Crippen LogP contribution in [-0.4, -0.2) is 84.2 Å². The summed E-state index contributed by atoms with van der Waals surface area (Å²) in [5.74, 6) is -6.47. The normalized spacial score (nSPS) is 26.0. The van der Waals surface area contributed by atoms with Crippen LogP contribution in [0.2, 0.25) is 0 Å². The van der Waals surface area contributed by atoms with Crippen LogP contribution in [0.15, 0.2) is 0 Å². The molecule has 2 heterocycles. The predicted molar refractivity (Wildman–Crippen MR) is 129 cm³/mol. The maximum Gasteiger partial charge on any atom is 0.522 e. The quantitative estimate of drug-likeness (QED) is 0.288. The fourth-order valence-electron chi connectivity index (χ4n) is 5.59. The maximum atomic E-state index is 13.5. The fourth-order valence-corrected chi connectivity index (χ4v) is 5.59. The Labute approximate surface area is 232 Å². The highest BCUT2D eigenvalue weighted by molar-refractivity contribution is 6.35. The van der Waals surface area contributed by atoms with E-state index in [1.54, 1.807) is 5.32 Å². The summed E-state index contributed by atoms with van der Waals surface area (Å²) >= 11 is 0. The number of amides is 4. The first-order valence-electron chi connectivity index (χ1n) is 13.4. The molecule has 0 unspecified atom stereocenters. The smallest absolute Gasteiger partial charge is 0.356 e. The molecule has 2 saturated heterocycles. The first-order valence-corrected chi connectivity index (χ1v) is 13.4. The lowest BCUT2D eigenvalue weighted by atomic mass is 9.72. The number of halogens is 6. The summed E-state index contributed by atoms with van der Waals surface area (Å²) in [4.78, 5) is 64.9. The van der Waals surface area contributed by atoms with Gasteiger partial charge in [0.05, 0.1) is 6.04 Å². The third-order valence-corrected chi connectivity index (χ3v) is 8.06. The van der Waals surface area contributed by atoms with Crippen LogP contribution in [0.1, 0.15) is 58.8 Å². The van der Waals surface area contributed by atoms with Crippen molar-refractivity contribution in [1.82, 2.24) is 20.9 Å². The second-order valence-electron chi connectivity index (χ2n) is 11.4. The lowest BCUT2D eigenvalue weighted by molar-refractivity contribution is -0.321. The van der Waals surface area contributed by atoms with Crippen LogP contribution in [-0.2, 0) is 28.7 Å². The van der Waals surface area contributed by atoms with Crippen molar-refractivity contribution in [3.05, 3.63) is 0 Å². The molecule has 232 valence electrons. The number of Topliss-reactive ketones (excluding diaryl/α,β-unsaturated/α-hetero) is 1. The zero-order chi connectivity index (χ0) is 30.8. The zero-order valence-corrected chi connectivity index (χ0v) is 22.6. The molecule has 0 bridgehead atoms. The third kappa shape index (κ3) is 8.32. The van der Waals surface area contributed by atoms with Gasteiger partial charge in [0.1, 0.15) is 18.2 Å². The van der Waals surface area contributed by atoms with E-state index in [9.17, 15) is 50.3 Å². The highest BCUT2D eigenvalue weighted by atomic mass is 19.4. The van der Waals surface area contributed by atoms with Crippen LogP contribution >= 0.6 is 0 Å². The lowest BCUT2D eigenvalue weighted by Crippen LogP contribution is -2.63. The van der Waals surface area contributed by atoms with Gasteiger partial charge in [-0.25, -0.2) is 0 Å². The first-order chi connectivity index (χ1) is 18.9. The molecule has 3 aliphatic rings. The molecule has 4 amide bonds. The largest absolute Gasteiger partial charge is 0.522 e. The van der Waals surface area contributed by atoms with Gasteiger partial charge in [-0.2, -0.15) is 13.2 Å². The van der Waals surface area contributed by atoms with Crippen molar-refractivity contribution in [2.24, 2.45) is 17.8 Å². The van der Waals surface area contributed by atoms with Crippen molar-refractivity contribution in [3.8, 4) is 0 Å². The van der Waals surface area contributed by atoms with Crippen molar-refractivity contribution in [3.63, 3.8) is 0 Å². The van der Waals surface area contributed by atoms with E-state index in [1.807, 2.05) is 0 Å². The number of carbonyl (C=O) groups is 5. The van der Waals surface area contributed by atoms with Gasteiger partial charge in [0.25, 0.3) is 0 Å². The predicted octanol–water partition coefficient (Wildman–Crippen LogP) is 1.97. The Hall–Kier alpha value is -2.91. The number of ketones is 1. The zero-order valence-electron chi connectivity index (χ0n) is 22.6. The van der Waals surface area contributed by atoms with Crippen molar-refractivity contribution in [2.75, 3.05) is 19.7 Å². The second-order valence-corrected chi connectivity index (χ2v) is 11.4. The Morgan fingerprint density at radius 1 is 1.02 bits per heavy atom. The van der Waals surface area contributed by atoms with Crippen molar-refractivity contribution < 1.29 is 55.1 Å². The van der Waals surface area contributed by atoms with E-state index in [-0.39, 0.29) is 44.2 Å². The van der Waals surface area contributed by atoms with Gasteiger partial charge < -0.3 is 20.9 Å². The maximum absolute atomic E-state index is 13.5. The van der Waals surface area contributed by atoms with E-state index in [2.05, 4.69) is 15.4 Å². The molecule has 0 spiro atoms. The summed E-state index contributed by atoms with van der Waals surface area (Å²) < 4.78 is 81.4. The summed E-state index contributed by atoms with van der Waals surface area (Å²) in [5, 5.41) is 6.53. The van der Waals surface area contributed by atoms with Crippen LogP contribution < -0.4 is 16.0 Å². The second kappa shape index (κ2) is 12.5. The highest BCUT2D eigenvalue weighted by Crippen LogP contribution is 2.39. The van der Waals surface area contributed by atoms with Gasteiger partial charge in [0.15, 0.2) is 5.78 Å². The van der Waals surface area contributed by atoms with E-state index in [0.717, 1.165) is 17.7 Å². The van der Waals surface area contributed by atoms with Gasteiger partial charge in [-0.1, -0.05) is 19.3 Å². The number of nitrogens with zero attached hydrogens (tertiary/aromatic N) is 1. The van der Waals surface area contributed by atoms with Crippen LogP contribution in [0, 0.1) is 17.8 Å². The molecule has 3 N–H and O–H groups in total. The summed E-state index contributed by atoms with van der Waals surface area (Å²) in [5.41, 5.74) is -2.75. The van der Waals surface area contributed by atoms with E-state index in [0.29, 0.717) is 26.7 Å². The highest BCUT2D eigenvalue weighted by Gasteiger charge is 2.51. The summed E-state index contributed by atoms with van der Waals surface area (Å²) in [6.07, 6.45) is -6.98. The number of carbonyl (C=O) groups excluding carboxylic acids is 5. The Balaban J connectivity index is 1.83. The van der Waals surface area contributed by atoms with E-state index >= 15 is 0 Å². The number of fused-ring (bicyclic) bond motifs is 1. The molecule has 1 saturated carbocycles. The van der Waals surface area contributed by atoms with Crippen molar-refractivity contribution >= 4 is 29.4 Å². The number of hydrogen-bond donors (Lipinski definition) is 3. The minimum Gasteiger partial charge on any atom is -0.356 e. The molecule has 0 aromatic carbocycles. The summed E-state index contributed by atoms with van der Waals surface area (Å²) in [6, 6.07) is -2.96. The van der Waals surface area contributed by atoms with Gasteiger partial charge >= 0.3 is 24.4 Å². The Kier molecular flexibility index (Phi) is 9.96. The number of hydrogen-bond acceptors (Lipinski definition) is 6. The number of alkyl halides is 6. The summed E-state index contributed by atoms with van der Waals surface area (Å²) in [6.45, 7) is 0.0923. The van der Waals surface area contributed by atoms with E-state index < -0.39 is 72.1 Å². The van der Waals surface area contributed by atoms with Crippen LogP contribution in [0.5, 0.6) is 0 Å². The third-order valence-electron chi connectivity index (χ3n) is 8.06. The first kappa shape index (κ1) is 32.6. The number of likely N-dealkylation sites (tertiary alicyclic amines) is 1. The molecule has 3 rings (SSSR count). The van der Waals surface area contributed by atoms with Gasteiger partial charge in [0, 0.05) is 19.0 Å². The molecule has 0 aromatic rings. The standard InChI is InChI=1S/C25H34F6N4O6/c1-23(2,24(26,27)28)34-21(39)22(40)35-11-15-6-4-3-5-13(15)10-17(35)20(38)33-16(9-14-7-8-32-19(14)37)18(36)12-41-25(29,30)31/h13-17H,3-12H2,1-2H3,(H,32,37)(H,33,38)(H,34,39)/t13-,14-,15+,16-,17-/m0/s1. The number of ether oxygens (including phenoxy) is 1. The average Bonchev–Trinajstić information content (AvgIpc) is 3.28. The van der Waals surface area contributed by atoms with E-state index in [1.165, 1.54) is 0 Å². The van der Waals surface area contributed by atoms with Crippen molar-refractivity contribution in [1.29, 1.82) is 0 Å². The average molecular weight is 601 g/mol. The van der Waals surface area contributed by atoms with Crippen LogP contribution in [0.3, 0.4) is 0 Å². The van der Waals surface area contributed by atoms with Gasteiger partial charge in [0.2, 0.25) is 11.8 Å². The summed E-state index contributed by atoms with van der Waals surface area (Å²) in [7, 11) is 0. The molecule has 2 aliphatic heterocycles. The minimum atomic E-state index is -5.13. The molecule has 0 aromatic heterocycles. The molecule has 0 radical (unpaired) electrons. The van der Waals surface area contributed by atoms with Crippen LogP contribution in [0.4, 0.5) is 26.3 Å². The Bertz CT molecular complexity index is 1030. The molecule has 3 fully saturated rings. The molecular formula is C25H34F6N4O6. The van der Waals surface area contributed by atoms with Gasteiger partial charge in [-0.3, -0.25) is 28.7 Å². The SMILES string of the molecule is CC(C)(NC(=O)C(=O)N1C[C@H]2CCCC[C@H]2C[C@H]1C(=O)N[C@@H](C[C@@H]1CCNC1=O)C(=O)COC(F)(F)F)C(F)(F)F. The Morgan fingerprint density at radius 3 is 2.22 bits per heavy atom. The number of rotatable bonds is 8. The van der Waals surface area contributed by atoms with Crippen molar-refractivity contribution in [2.45, 2.75) is 89.0 Å². The minimum absolute atomic E-state index is 0.0437. The van der Waals surface area contributed by atoms with Gasteiger partial charge in [-0.15, -0.1) is 13.2 Å². The fraction of sp³-hybridized carbons (Fsp3) is 0.800. The number of piperidine rings is 1. The van der Waals surface area contributed by atoms with Crippen LogP contribution in [0.25, 0.3) is 0 Å². The molecule has 1 aliphatic carbocycles.